The van der Waals surface area contributed by atoms with Crippen molar-refractivity contribution in [3.8, 4) is 16.3 Å². The number of methoxy groups -OCH3 is 1. The van der Waals surface area contributed by atoms with Gasteiger partial charge in [-0.15, -0.1) is 11.3 Å². The molecule has 1 aromatic heterocycles. The Balaban J connectivity index is 1.71. The summed E-state index contributed by atoms with van der Waals surface area (Å²) >= 11 is 1.28. The van der Waals surface area contributed by atoms with Gasteiger partial charge in [-0.25, -0.2) is 4.98 Å². The van der Waals surface area contributed by atoms with E-state index in [1.54, 1.807) is 24.6 Å². The highest BCUT2D eigenvalue weighted by atomic mass is 32.1. The predicted octanol–water partition coefficient (Wildman–Crippen LogP) is 4.67. The van der Waals surface area contributed by atoms with Gasteiger partial charge in [0.1, 0.15) is 16.5 Å². The van der Waals surface area contributed by atoms with E-state index in [4.69, 9.17) is 4.74 Å². The van der Waals surface area contributed by atoms with E-state index in [0.717, 1.165) is 5.56 Å². The van der Waals surface area contributed by atoms with Crippen LogP contribution in [-0.2, 0) is 0 Å². The molecule has 1 N–H and O–H groups in total. The molecule has 0 aliphatic heterocycles. The van der Waals surface area contributed by atoms with E-state index >= 15 is 0 Å². The minimum absolute atomic E-state index is 0.0581. The third-order valence-corrected chi connectivity index (χ3v) is 5.47. The highest BCUT2D eigenvalue weighted by Gasteiger charge is 2.46. The van der Waals surface area contributed by atoms with Gasteiger partial charge in [0.25, 0.3) is 5.91 Å². The molecule has 2 atom stereocenters. The number of hydrogen-bond acceptors (Lipinski definition) is 4. The van der Waals surface area contributed by atoms with E-state index in [1.807, 2.05) is 12.1 Å². The summed E-state index contributed by atoms with van der Waals surface area (Å²) in [4.78, 5) is 16.6. The van der Waals surface area contributed by atoms with Gasteiger partial charge in [-0.05, 0) is 37.1 Å². The molecule has 1 aliphatic carbocycles. The number of rotatable bonds is 4. The highest BCUT2D eigenvalue weighted by molar-refractivity contribution is 7.13. The van der Waals surface area contributed by atoms with Crippen molar-refractivity contribution in [3.05, 3.63) is 35.3 Å². The monoisotopic (exact) mass is 384 g/mol. The van der Waals surface area contributed by atoms with Crippen LogP contribution in [0.3, 0.4) is 0 Å². The second kappa shape index (κ2) is 7.65. The Morgan fingerprint density at radius 3 is 2.58 bits per heavy atom. The molecule has 0 bridgehead atoms. The molecule has 4 nitrogen and oxygen atoms in total. The SMILES string of the molecule is COc1ccc(-c2nc(C(=O)N[C@H]3CCCC[C@@H]3C(F)(F)F)cs2)cc1. The van der Waals surface area contributed by atoms with Gasteiger partial charge in [-0.2, -0.15) is 13.2 Å². The molecule has 0 spiro atoms. The second-order valence-electron chi connectivity index (χ2n) is 6.28. The molecule has 1 saturated carbocycles. The number of ether oxygens (including phenoxy) is 1. The van der Waals surface area contributed by atoms with Crippen molar-refractivity contribution in [3.63, 3.8) is 0 Å². The van der Waals surface area contributed by atoms with Gasteiger partial charge in [-0.3, -0.25) is 4.79 Å². The summed E-state index contributed by atoms with van der Waals surface area (Å²) in [6.45, 7) is 0. The average molecular weight is 384 g/mol. The zero-order valence-electron chi connectivity index (χ0n) is 14.2. The van der Waals surface area contributed by atoms with E-state index in [0.29, 0.717) is 30.0 Å². The lowest BCUT2D eigenvalue weighted by molar-refractivity contribution is -0.187. The van der Waals surface area contributed by atoms with Crippen molar-refractivity contribution in [1.82, 2.24) is 10.3 Å². The van der Waals surface area contributed by atoms with Gasteiger partial charge >= 0.3 is 6.18 Å². The van der Waals surface area contributed by atoms with Crippen molar-refractivity contribution in [1.29, 1.82) is 0 Å². The zero-order chi connectivity index (χ0) is 18.7. The van der Waals surface area contributed by atoms with Gasteiger partial charge in [0.2, 0.25) is 0 Å². The number of carbonyl (C=O) groups excluding carboxylic acids is 1. The lowest BCUT2D eigenvalue weighted by Gasteiger charge is -2.33. The summed E-state index contributed by atoms with van der Waals surface area (Å²) in [5, 5.41) is 4.74. The van der Waals surface area contributed by atoms with Crippen LogP contribution < -0.4 is 10.1 Å². The van der Waals surface area contributed by atoms with Gasteiger partial charge in [0, 0.05) is 17.0 Å². The lowest BCUT2D eigenvalue weighted by atomic mass is 9.84. The minimum Gasteiger partial charge on any atom is -0.497 e. The van der Waals surface area contributed by atoms with E-state index in [2.05, 4.69) is 10.3 Å². The first kappa shape index (κ1) is 18.7. The number of nitrogens with zero attached hydrogens (tertiary/aromatic N) is 1. The Hall–Kier alpha value is -2.09. The maximum Gasteiger partial charge on any atom is 0.393 e. The smallest absolute Gasteiger partial charge is 0.393 e. The van der Waals surface area contributed by atoms with Crippen LogP contribution >= 0.6 is 11.3 Å². The van der Waals surface area contributed by atoms with Crippen molar-refractivity contribution in [2.24, 2.45) is 5.92 Å². The van der Waals surface area contributed by atoms with Crippen molar-refractivity contribution >= 4 is 17.2 Å². The standard InChI is InChI=1S/C18H19F3N2O2S/c1-25-12-8-6-11(7-9-12)17-23-15(10-26-17)16(24)22-14-5-3-2-4-13(14)18(19,20)21/h6-10,13-14H,2-5H2,1H3,(H,22,24)/t13-,14-/m0/s1. The summed E-state index contributed by atoms with van der Waals surface area (Å²) in [6, 6.07) is 6.32. The van der Waals surface area contributed by atoms with Gasteiger partial charge < -0.3 is 10.1 Å². The molecule has 26 heavy (non-hydrogen) atoms. The van der Waals surface area contributed by atoms with E-state index in [-0.39, 0.29) is 12.1 Å². The molecule has 1 aliphatic rings. The fourth-order valence-electron chi connectivity index (χ4n) is 3.18. The average Bonchev–Trinajstić information content (AvgIpc) is 3.11. The fraction of sp³-hybridized carbons (Fsp3) is 0.444. The molecule has 1 heterocycles. The van der Waals surface area contributed by atoms with E-state index in [1.165, 1.54) is 11.3 Å². The molecule has 3 rings (SSSR count). The maximum atomic E-state index is 13.2. The third kappa shape index (κ3) is 4.17. The minimum atomic E-state index is -4.30. The van der Waals surface area contributed by atoms with Crippen LogP contribution in [0.4, 0.5) is 13.2 Å². The molecule has 1 amide bonds. The summed E-state index contributed by atoms with van der Waals surface area (Å²) in [5.41, 5.74) is 0.966. The lowest BCUT2D eigenvalue weighted by Crippen LogP contribution is -2.47. The molecule has 8 heteroatoms. The number of thiazole rings is 1. The fourth-order valence-corrected chi connectivity index (χ4v) is 3.99. The topological polar surface area (TPSA) is 51.2 Å². The molecule has 1 fully saturated rings. The highest BCUT2D eigenvalue weighted by Crippen LogP contribution is 2.38. The number of halogens is 3. The Bertz CT molecular complexity index is 759. The van der Waals surface area contributed by atoms with Gasteiger partial charge in [0.05, 0.1) is 13.0 Å². The summed E-state index contributed by atoms with van der Waals surface area (Å²) in [7, 11) is 1.57. The largest absolute Gasteiger partial charge is 0.497 e. The van der Waals surface area contributed by atoms with Crippen LogP contribution in [0.1, 0.15) is 36.2 Å². The number of alkyl halides is 3. The molecule has 1 aromatic carbocycles. The number of benzene rings is 1. The number of amides is 1. The van der Waals surface area contributed by atoms with Crippen LogP contribution in [0, 0.1) is 5.92 Å². The first-order valence-electron chi connectivity index (χ1n) is 8.36. The maximum absolute atomic E-state index is 13.2. The van der Waals surface area contributed by atoms with Crippen molar-refractivity contribution in [2.45, 2.75) is 37.9 Å². The molecule has 2 aromatic rings. The van der Waals surface area contributed by atoms with Crippen LogP contribution in [0.15, 0.2) is 29.6 Å². The van der Waals surface area contributed by atoms with Crippen molar-refractivity contribution in [2.75, 3.05) is 7.11 Å². The molecular weight excluding hydrogens is 365 g/mol. The summed E-state index contributed by atoms with van der Waals surface area (Å²) < 4.78 is 44.6. The Labute approximate surface area is 153 Å². The van der Waals surface area contributed by atoms with Crippen LogP contribution in [-0.4, -0.2) is 30.2 Å². The quantitative estimate of drug-likeness (QED) is 0.833. The molecule has 0 saturated heterocycles. The van der Waals surface area contributed by atoms with Crippen LogP contribution in [0.25, 0.3) is 10.6 Å². The zero-order valence-corrected chi connectivity index (χ0v) is 15.0. The number of aromatic nitrogens is 1. The Kier molecular flexibility index (Phi) is 5.50. The number of carbonyl (C=O) groups is 1. The molecule has 140 valence electrons. The van der Waals surface area contributed by atoms with Gasteiger partial charge in [0.15, 0.2) is 0 Å². The van der Waals surface area contributed by atoms with Crippen LogP contribution in [0.5, 0.6) is 5.75 Å². The van der Waals surface area contributed by atoms with Crippen LogP contribution in [0.2, 0.25) is 0 Å². The first-order valence-corrected chi connectivity index (χ1v) is 9.24. The van der Waals surface area contributed by atoms with Crippen molar-refractivity contribution < 1.29 is 22.7 Å². The second-order valence-corrected chi connectivity index (χ2v) is 7.14. The Morgan fingerprint density at radius 2 is 1.92 bits per heavy atom. The summed E-state index contributed by atoms with van der Waals surface area (Å²) in [6.07, 6.45) is -2.68. The normalized spacial score (nSPS) is 20.6. The first-order chi connectivity index (χ1) is 12.4. The predicted molar refractivity (Wildman–Crippen MR) is 93.4 cm³/mol. The number of nitrogens with one attached hydrogen (secondary N) is 1. The van der Waals surface area contributed by atoms with Gasteiger partial charge in [-0.1, -0.05) is 12.8 Å². The van der Waals surface area contributed by atoms with E-state index in [9.17, 15) is 18.0 Å². The Morgan fingerprint density at radius 1 is 1.23 bits per heavy atom. The van der Waals surface area contributed by atoms with E-state index < -0.39 is 24.0 Å². The summed E-state index contributed by atoms with van der Waals surface area (Å²) in [5.74, 6) is -1.33. The molecule has 0 unspecified atom stereocenters. The number of hydrogen-bond donors (Lipinski definition) is 1. The third-order valence-electron chi connectivity index (χ3n) is 4.58. The molecular formula is C18H19F3N2O2S. The molecule has 0 radical (unpaired) electrons.